The Kier molecular flexibility index (Phi) is 5.85. The maximum Gasteiger partial charge on any atom is 0.289 e. The molecular formula is C26H24N4O3. The fourth-order valence-electron chi connectivity index (χ4n) is 4.27. The second-order valence-corrected chi connectivity index (χ2v) is 8.00. The number of furan rings is 1. The van der Waals surface area contributed by atoms with Gasteiger partial charge in [-0.15, -0.1) is 0 Å². The topological polar surface area (TPSA) is 81.4 Å². The number of rotatable bonds is 5. The maximum absolute atomic E-state index is 12.7. The van der Waals surface area contributed by atoms with Crippen LogP contribution in [-0.2, 0) is 0 Å². The zero-order valence-corrected chi connectivity index (χ0v) is 18.3. The summed E-state index contributed by atoms with van der Waals surface area (Å²) in [5, 5.41) is 0. The first-order valence-electron chi connectivity index (χ1n) is 11.0. The lowest BCUT2D eigenvalue weighted by Gasteiger charge is -2.32. The number of carbonyl (C=O) groups excluding carboxylic acids is 1. The van der Waals surface area contributed by atoms with Gasteiger partial charge in [-0.25, -0.2) is 9.97 Å². The summed E-state index contributed by atoms with van der Waals surface area (Å²) in [7, 11) is 1.66. The number of piperidine rings is 1. The van der Waals surface area contributed by atoms with Crippen LogP contribution < -0.4 is 4.74 Å². The van der Waals surface area contributed by atoms with Crippen LogP contribution in [0, 0.1) is 0 Å². The van der Waals surface area contributed by atoms with Crippen molar-refractivity contribution in [3.8, 4) is 28.3 Å². The Morgan fingerprint density at radius 2 is 1.88 bits per heavy atom. The molecule has 1 aliphatic heterocycles. The number of amides is 1. The number of likely N-dealkylation sites (tertiary alicyclic amines) is 1. The van der Waals surface area contributed by atoms with Crippen LogP contribution in [0.2, 0.25) is 0 Å². The Hall–Kier alpha value is -4.00. The fraction of sp³-hybridized carbons (Fsp3) is 0.231. The molecule has 5 rings (SSSR count). The van der Waals surface area contributed by atoms with Crippen LogP contribution in [0.4, 0.5) is 0 Å². The molecule has 33 heavy (non-hydrogen) atoms. The highest BCUT2D eigenvalue weighted by atomic mass is 16.5. The van der Waals surface area contributed by atoms with E-state index >= 15 is 0 Å². The third kappa shape index (κ3) is 4.35. The van der Waals surface area contributed by atoms with Gasteiger partial charge < -0.3 is 14.1 Å². The van der Waals surface area contributed by atoms with Gasteiger partial charge in [0, 0.05) is 48.7 Å². The molecular weight excluding hydrogens is 416 g/mol. The molecule has 0 aliphatic carbocycles. The number of hydrogen-bond acceptors (Lipinski definition) is 6. The summed E-state index contributed by atoms with van der Waals surface area (Å²) in [6.45, 7) is 1.30. The number of carbonyl (C=O) groups is 1. The van der Waals surface area contributed by atoms with Gasteiger partial charge in [0.05, 0.1) is 19.1 Å². The second-order valence-electron chi connectivity index (χ2n) is 8.00. The van der Waals surface area contributed by atoms with Gasteiger partial charge in [0.25, 0.3) is 5.91 Å². The van der Waals surface area contributed by atoms with Gasteiger partial charge in [0.15, 0.2) is 11.6 Å². The Balaban J connectivity index is 1.47. The first-order valence-corrected chi connectivity index (χ1v) is 11.0. The molecule has 1 aliphatic rings. The van der Waals surface area contributed by atoms with Crippen LogP contribution in [0.25, 0.3) is 22.5 Å². The van der Waals surface area contributed by atoms with Gasteiger partial charge in [0.1, 0.15) is 5.75 Å². The minimum atomic E-state index is -0.0633. The van der Waals surface area contributed by atoms with Crippen molar-refractivity contribution in [2.45, 2.75) is 18.8 Å². The highest BCUT2D eigenvalue weighted by Crippen LogP contribution is 2.36. The van der Waals surface area contributed by atoms with Gasteiger partial charge >= 0.3 is 0 Å². The van der Waals surface area contributed by atoms with E-state index in [2.05, 4.69) is 9.97 Å². The quantitative estimate of drug-likeness (QED) is 0.442. The van der Waals surface area contributed by atoms with Crippen molar-refractivity contribution in [1.82, 2.24) is 19.9 Å². The third-order valence-electron chi connectivity index (χ3n) is 6.04. The molecule has 1 aromatic carbocycles. The highest BCUT2D eigenvalue weighted by Gasteiger charge is 2.28. The number of hydrogen-bond donors (Lipinski definition) is 0. The molecule has 0 unspecified atom stereocenters. The zero-order valence-electron chi connectivity index (χ0n) is 18.3. The van der Waals surface area contributed by atoms with Crippen molar-refractivity contribution in [2.24, 2.45) is 0 Å². The van der Waals surface area contributed by atoms with Crippen LogP contribution in [0.3, 0.4) is 0 Å². The maximum atomic E-state index is 12.7. The van der Waals surface area contributed by atoms with E-state index in [1.54, 1.807) is 31.6 Å². The standard InChI is InChI=1S/C26H24N4O3/c1-32-21-5-2-4-20(16-21)22-17-28-25(19-7-11-27-12-8-19)29-24(22)18-9-13-30(14-10-18)26(31)23-6-3-15-33-23/h2-8,11-12,15-18H,9-10,13-14H2,1H3. The number of aromatic nitrogens is 3. The average Bonchev–Trinajstić information content (AvgIpc) is 3.44. The molecule has 166 valence electrons. The third-order valence-corrected chi connectivity index (χ3v) is 6.04. The molecule has 1 amide bonds. The Morgan fingerprint density at radius 3 is 2.61 bits per heavy atom. The van der Waals surface area contributed by atoms with Crippen molar-refractivity contribution >= 4 is 5.91 Å². The van der Waals surface area contributed by atoms with Crippen LogP contribution in [-0.4, -0.2) is 46.0 Å². The van der Waals surface area contributed by atoms with E-state index in [1.165, 1.54) is 6.26 Å². The summed E-state index contributed by atoms with van der Waals surface area (Å²) < 4.78 is 10.7. The summed E-state index contributed by atoms with van der Waals surface area (Å²) >= 11 is 0. The normalized spacial score (nSPS) is 14.3. The molecule has 0 bridgehead atoms. The van der Waals surface area contributed by atoms with E-state index in [0.29, 0.717) is 24.7 Å². The predicted octanol–water partition coefficient (Wildman–Crippen LogP) is 4.83. The second kappa shape index (κ2) is 9.24. The van der Waals surface area contributed by atoms with E-state index in [9.17, 15) is 4.79 Å². The number of nitrogens with zero attached hydrogens (tertiary/aromatic N) is 4. The van der Waals surface area contributed by atoms with E-state index in [0.717, 1.165) is 41.0 Å². The summed E-state index contributed by atoms with van der Waals surface area (Å²) in [5.74, 6) is 1.98. The van der Waals surface area contributed by atoms with Gasteiger partial charge in [0.2, 0.25) is 0 Å². The summed E-state index contributed by atoms with van der Waals surface area (Å²) in [6, 6.07) is 15.2. The minimum absolute atomic E-state index is 0.0633. The monoisotopic (exact) mass is 440 g/mol. The number of methoxy groups -OCH3 is 1. The first kappa shape index (κ1) is 20.9. The Morgan fingerprint density at radius 1 is 1.06 bits per heavy atom. The molecule has 0 atom stereocenters. The molecule has 4 heterocycles. The summed E-state index contributed by atoms with van der Waals surface area (Å²) in [4.78, 5) is 28.3. The van der Waals surface area contributed by atoms with E-state index in [4.69, 9.17) is 14.1 Å². The number of pyridine rings is 1. The van der Waals surface area contributed by atoms with Crippen LogP contribution in [0.5, 0.6) is 5.75 Å². The summed E-state index contributed by atoms with van der Waals surface area (Å²) in [6.07, 6.45) is 8.54. The van der Waals surface area contributed by atoms with Crippen molar-refractivity contribution in [2.75, 3.05) is 20.2 Å². The van der Waals surface area contributed by atoms with Crippen molar-refractivity contribution in [3.05, 3.63) is 84.8 Å². The van der Waals surface area contributed by atoms with Crippen molar-refractivity contribution < 1.29 is 13.9 Å². The lowest BCUT2D eigenvalue weighted by Crippen LogP contribution is -2.38. The van der Waals surface area contributed by atoms with Crippen LogP contribution in [0.1, 0.15) is 35.0 Å². The highest BCUT2D eigenvalue weighted by molar-refractivity contribution is 5.91. The number of ether oxygens (including phenoxy) is 1. The van der Waals surface area contributed by atoms with Gasteiger partial charge in [-0.1, -0.05) is 12.1 Å². The van der Waals surface area contributed by atoms with Crippen molar-refractivity contribution in [1.29, 1.82) is 0 Å². The van der Waals surface area contributed by atoms with Crippen LogP contribution >= 0.6 is 0 Å². The van der Waals surface area contributed by atoms with E-state index < -0.39 is 0 Å². The summed E-state index contributed by atoms with van der Waals surface area (Å²) in [5.41, 5.74) is 3.92. The van der Waals surface area contributed by atoms with E-state index in [1.807, 2.05) is 47.5 Å². The zero-order chi connectivity index (χ0) is 22.6. The SMILES string of the molecule is COc1cccc(-c2cnc(-c3ccncc3)nc2C2CCN(C(=O)c3ccco3)CC2)c1. The molecule has 0 spiro atoms. The largest absolute Gasteiger partial charge is 0.497 e. The van der Waals surface area contributed by atoms with Crippen molar-refractivity contribution in [3.63, 3.8) is 0 Å². The predicted molar refractivity (Wildman–Crippen MR) is 124 cm³/mol. The molecule has 0 N–H and O–H groups in total. The van der Waals surface area contributed by atoms with Gasteiger partial charge in [-0.3, -0.25) is 9.78 Å². The minimum Gasteiger partial charge on any atom is -0.497 e. The Labute approximate surface area is 192 Å². The average molecular weight is 441 g/mol. The lowest BCUT2D eigenvalue weighted by atomic mass is 9.88. The lowest BCUT2D eigenvalue weighted by molar-refractivity contribution is 0.0680. The molecule has 1 saturated heterocycles. The molecule has 7 nitrogen and oxygen atoms in total. The van der Waals surface area contributed by atoms with Gasteiger partial charge in [-0.2, -0.15) is 0 Å². The van der Waals surface area contributed by atoms with Crippen LogP contribution in [0.15, 0.2) is 77.8 Å². The Bertz CT molecular complexity index is 1230. The fourth-order valence-corrected chi connectivity index (χ4v) is 4.27. The molecule has 0 saturated carbocycles. The number of benzene rings is 1. The van der Waals surface area contributed by atoms with Gasteiger partial charge in [-0.05, 0) is 54.8 Å². The smallest absolute Gasteiger partial charge is 0.289 e. The molecule has 4 aromatic rings. The molecule has 0 radical (unpaired) electrons. The molecule has 3 aromatic heterocycles. The molecule has 7 heteroatoms. The van der Waals surface area contributed by atoms with E-state index in [-0.39, 0.29) is 11.8 Å². The molecule has 1 fully saturated rings. The first-order chi connectivity index (χ1) is 16.2.